The molecular formula is C13H14N2O3. The van der Waals surface area contributed by atoms with Gasteiger partial charge in [0.15, 0.2) is 0 Å². The SMILES string of the molecule is O=C(O)Cc1ccc(OCCn2ccnc2)cc1. The zero-order chi connectivity index (χ0) is 12.8. The molecule has 2 rings (SSSR count). The van der Waals surface area contributed by atoms with Gasteiger partial charge in [0, 0.05) is 12.4 Å². The van der Waals surface area contributed by atoms with Crippen LogP contribution in [0.1, 0.15) is 5.56 Å². The van der Waals surface area contributed by atoms with Crippen molar-refractivity contribution in [1.29, 1.82) is 0 Å². The number of aliphatic carboxylic acids is 1. The molecule has 5 heteroatoms. The minimum atomic E-state index is -0.830. The van der Waals surface area contributed by atoms with Gasteiger partial charge in [-0.3, -0.25) is 4.79 Å². The number of carbonyl (C=O) groups is 1. The average Bonchev–Trinajstić information content (AvgIpc) is 2.84. The van der Waals surface area contributed by atoms with Crippen LogP contribution in [0.25, 0.3) is 0 Å². The van der Waals surface area contributed by atoms with Crippen molar-refractivity contribution >= 4 is 5.97 Å². The highest BCUT2D eigenvalue weighted by Gasteiger charge is 2.00. The molecule has 1 aromatic heterocycles. The van der Waals surface area contributed by atoms with Crippen LogP contribution in [-0.2, 0) is 17.8 Å². The van der Waals surface area contributed by atoms with E-state index in [1.807, 2.05) is 10.8 Å². The highest BCUT2D eigenvalue weighted by Crippen LogP contribution is 2.12. The van der Waals surface area contributed by atoms with Gasteiger partial charge in [-0.15, -0.1) is 0 Å². The normalized spacial score (nSPS) is 10.2. The third-order valence-corrected chi connectivity index (χ3v) is 2.46. The molecule has 0 spiro atoms. The van der Waals surface area contributed by atoms with Gasteiger partial charge in [-0.1, -0.05) is 12.1 Å². The fourth-order valence-electron chi connectivity index (χ4n) is 1.57. The van der Waals surface area contributed by atoms with E-state index in [-0.39, 0.29) is 6.42 Å². The maximum absolute atomic E-state index is 10.5. The largest absolute Gasteiger partial charge is 0.492 e. The summed E-state index contributed by atoms with van der Waals surface area (Å²) in [5, 5.41) is 8.64. The molecule has 0 aliphatic heterocycles. The summed E-state index contributed by atoms with van der Waals surface area (Å²) in [5.41, 5.74) is 0.768. The van der Waals surface area contributed by atoms with Crippen LogP contribution in [0.15, 0.2) is 43.0 Å². The zero-order valence-electron chi connectivity index (χ0n) is 9.82. The lowest BCUT2D eigenvalue weighted by Gasteiger charge is -2.07. The van der Waals surface area contributed by atoms with Gasteiger partial charge in [0.2, 0.25) is 0 Å². The fraction of sp³-hybridized carbons (Fsp3) is 0.231. The minimum Gasteiger partial charge on any atom is -0.492 e. The van der Waals surface area contributed by atoms with Gasteiger partial charge in [0.1, 0.15) is 12.4 Å². The topological polar surface area (TPSA) is 64.3 Å². The summed E-state index contributed by atoms with van der Waals surface area (Å²) in [6.45, 7) is 1.28. The number of nitrogens with zero attached hydrogens (tertiary/aromatic N) is 2. The number of benzene rings is 1. The van der Waals surface area contributed by atoms with Gasteiger partial charge in [0.05, 0.1) is 19.3 Å². The standard InChI is InChI=1S/C13H14N2O3/c16-13(17)9-11-1-3-12(4-2-11)18-8-7-15-6-5-14-10-15/h1-6,10H,7-9H2,(H,16,17). The van der Waals surface area contributed by atoms with Crippen LogP contribution in [0.2, 0.25) is 0 Å². The average molecular weight is 246 g/mol. The molecule has 0 aliphatic rings. The van der Waals surface area contributed by atoms with Crippen molar-refractivity contribution in [3.8, 4) is 5.75 Å². The third kappa shape index (κ3) is 3.62. The van der Waals surface area contributed by atoms with Crippen LogP contribution in [0.4, 0.5) is 0 Å². The van der Waals surface area contributed by atoms with Crippen molar-refractivity contribution in [3.63, 3.8) is 0 Å². The number of carboxylic acid groups (broad SMARTS) is 1. The third-order valence-electron chi connectivity index (χ3n) is 2.46. The maximum Gasteiger partial charge on any atom is 0.307 e. The molecule has 0 atom stereocenters. The predicted octanol–water partition coefficient (Wildman–Crippen LogP) is 1.59. The molecule has 2 aromatic rings. The number of hydrogen-bond donors (Lipinski definition) is 1. The second-order valence-electron chi connectivity index (χ2n) is 3.86. The molecule has 0 saturated carbocycles. The number of imidazole rings is 1. The molecule has 1 heterocycles. The molecule has 0 bridgehead atoms. The molecule has 1 N–H and O–H groups in total. The van der Waals surface area contributed by atoms with E-state index in [2.05, 4.69) is 4.98 Å². The van der Waals surface area contributed by atoms with Gasteiger partial charge in [-0.05, 0) is 17.7 Å². The smallest absolute Gasteiger partial charge is 0.307 e. The molecule has 94 valence electrons. The van der Waals surface area contributed by atoms with E-state index in [0.29, 0.717) is 6.61 Å². The Kier molecular flexibility index (Phi) is 3.96. The Morgan fingerprint density at radius 1 is 1.33 bits per heavy atom. The van der Waals surface area contributed by atoms with E-state index in [9.17, 15) is 4.79 Å². The maximum atomic E-state index is 10.5. The van der Waals surface area contributed by atoms with Crippen molar-refractivity contribution in [1.82, 2.24) is 9.55 Å². The van der Waals surface area contributed by atoms with Crippen molar-refractivity contribution in [3.05, 3.63) is 48.5 Å². The molecule has 0 amide bonds. The summed E-state index contributed by atoms with van der Waals surface area (Å²) in [6.07, 6.45) is 5.37. The molecule has 0 radical (unpaired) electrons. The number of aromatic nitrogens is 2. The number of hydrogen-bond acceptors (Lipinski definition) is 3. The second kappa shape index (κ2) is 5.86. The molecule has 5 nitrogen and oxygen atoms in total. The van der Waals surface area contributed by atoms with E-state index in [4.69, 9.17) is 9.84 Å². The molecule has 18 heavy (non-hydrogen) atoms. The first-order valence-corrected chi connectivity index (χ1v) is 5.63. The Balaban J connectivity index is 1.81. The highest BCUT2D eigenvalue weighted by molar-refractivity contribution is 5.70. The van der Waals surface area contributed by atoms with E-state index < -0.39 is 5.97 Å². The number of carboxylic acids is 1. The number of ether oxygens (including phenoxy) is 1. The Morgan fingerprint density at radius 3 is 2.72 bits per heavy atom. The van der Waals surface area contributed by atoms with Crippen molar-refractivity contribution in [2.75, 3.05) is 6.61 Å². The summed E-state index contributed by atoms with van der Waals surface area (Å²) < 4.78 is 7.47. The minimum absolute atomic E-state index is 0.0370. The zero-order valence-corrected chi connectivity index (χ0v) is 9.82. The molecule has 1 aromatic carbocycles. The second-order valence-corrected chi connectivity index (χ2v) is 3.86. The quantitative estimate of drug-likeness (QED) is 0.840. The Labute approximate surface area is 105 Å². The van der Waals surface area contributed by atoms with E-state index in [1.165, 1.54) is 0 Å². The monoisotopic (exact) mass is 246 g/mol. The Morgan fingerprint density at radius 2 is 2.11 bits per heavy atom. The first kappa shape index (κ1) is 12.2. The molecular weight excluding hydrogens is 232 g/mol. The first-order valence-electron chi connectivity index (χ1n) is 5.63. The number of rotatable bonds is 6. The summed E-state index contributed by atoms with van der Waals surface area (Å²) in [4.78, 5) is 14.5. The van der Waals surface area contributed by atoms with Crippen LogP contribution in [0.3, 0.4) is 0 Å². The lowest BCUT2D eigenvalue weighted by Crippen LogP contribution is -2.06. The van der Waals surface area contributed by atoms with Crippen LogP contribution in [-0.4, -0.2) is 27.2 Å². The molecule has 0 fully saturated rings. The molecule has 0 unspecified atom stereocenters. The van der Waals surface area contributed by atoms with Gasteiger partial charge in [0.25, 0.3) is 0 Å². The summed E-state index contributed by atoms with van der Waals surface area (Å²) >= 11 is 0. The summed E-state index contributed by atoms with van der Waals surface area (Å²) in [7, 11) is 0. The summed E-state index contributed by atoms with van der Waals surface area (Å²) in [5.74, 6) is -0.0898. The lowest BCUT2D eigenvalue weighted by molar-refractivity contribution is -0.136. The predicted molar refractivity (Wildman–Crippen MR) is 65.5 cm³/mol. The van der Waals surface area contributed by atoms with Gasteiger partial charge >= 0.3 is 5.97 Å². The van der Waals surface area contributed by atoms with Gasteiger partial charge in [-0.25, -0.2) is 4.98 Å². The van der Waals surface area contributed by atoms with E-state index in [1.54, 1.807) is 36.8 Å². The van der Waals surface area contributed by atoms with Crippen LogP contribution in [0.5, 0.6) is 5.75 Å². The first-order chi connectivity index (χ1) is 8.74. The van der Waals surface area contributed by atoms with Gasteiger partial charge < -0.3 is 14.4 Å². The fourth-order valence-corrected chi connectivity index (χ4v) is 1.57. The lowest BCUT2D eigenvalue weighted by atomic mass is 10.1. The molecule has 0 aliphatic carbocycles. The van der Waals surface area contributed by atoms with E-state index >= 15 is 0 Å². The van der Waals surface area contributed by atoms with Crippen molar-refractivity contribution in [2.24, 2.45) is 0 Å². The summed E-state index contributed by atoms with van der Waals surface area (Å²) in [6, 6.07) is 7.10. The van der Waals surface area contributed by atoms with Crippen molar-refractivity contribution in [2.45, 2.75) is 13.0 Å². The van der Waals surface area contributed by atoms with Crippen LogP contribution < -0.4 is 4.74 Å². The van der Waals surface area contributed by atoms with Crippen LogP contribution >= 0.6 is 0 Å². The molecule has 0 saturated heterocycles. The van der Waals surface area contributed by atoms with Gasteiger partial charge in [-0.2, -0.15) is 0 Å². The van der Waals surface area contributed by atoms with Crippen LogP contribution in [0, 0.1) is 0 Å². The van der Waals surface area contributed by atoms with E-state index in [0.717, 1.165) is 17.9 Å². The highest BCUT2D eigenvalue weighted by atomic mass is 16.5. The Hall–Kier alpha value is -2.30. The van der Waals surface area contributed by atoms with Crippen molar-refractivity contribution < 1.29 is 14.6 Å². The Bertz CT molecular complexity index is 491.